The van der Waals surface area contributed by atoms with Crippen LogP contribution in [0, 0.1) is 0 Å². The third kappa shape index (κ3) is 4.91. The van der Waals surface area contributed by atoms with Crippen molar-refractivity contribution in [1.82, 2.24) is 19.1 Å². The van der Waals surface area contributed by atoms with E-state index in [1.54, 1.807) is 0 Å². The molecule has 60 heavy (non-hydrogen) atoms. The van der Waals surface area contributed by atoms with Crippen molar-refractivity contribution in [2.24, 2.45) is 0 Å². The molecule has 278 valence electrons. The molecule has 13 rings (SSSR count). The minimum Gasteiger partial charge on any atom is -0.309 e. The summed E-state index contributed by atoms with van der Waals surface area (Å²) < 4.78 is 43.0. The lowest BCUT2D eigenvalue weighted by atomic mass is 10.0. The predicted octanol–water partition coefficient (Wildman–Crippen LogP) is 14.6. The molecule has 0 spiro atoms. The zero-order valence-electron chi connectivity index (χ0n) is 36.1. The van der Waals surface area contributed by atoms with Crippen molar-refractivity contribution >= 4 is 86.8 Å². The Morgan fingerprint density at radius 2 is 0.933 bits per heavy atom. The van der Waals surface area contributed by atoms with Gasteiger partial charge < -0.3 is 9.13 Å². The second-order valence-electron chi connectivity index (χ2n) is 15.5. The second kappa shape index (κ2) is 12.7. The minimum absolute atomic E-state index is 0.0510. The van der Waals surface area contributed by atoms with Gasteiger partial charge in [0.2, 0.25) is 0 Å². The number of aromatic nitrogens is 4. The SMILES string of the molecule is [2H]c1c([2H])c(-n2c3cc4ccccc4cc3c3ccc4ccccc4c32)c([2H])c([2H])c1-c1nc(-c2ccc3c(c2)c2cc4ccccc4cc2n3-c2ccccc2)c2ccccc2n1. The van der Waals surface area contributed by atoms with Crippen LogP contribution in [0.25, 0.3) is 121 Å². The molecule has 3 aromatic heterocycles. The van der Waals surface area contributed by atoms with E-state index in [0.717, 1.165) is 92.6 Å². The summed E-state index contributed by atoms with van der Waals surface area (Å²) in [6, 6.07) is 61.5. The Morgan fingerprint density at radius 3 is 1.67 bits per heavy atom. The highest BCUT2D eigenvalue weighted by atomic mass is 15.0. The molecule has 3 heterocycles. The summed E-state index contributed by atoms with van der Waals surface area (Å²) in [5.41, 5.74) is 7.22. The smallest absolute Gasteiger partial charge is 0.160 e. The highest BCUT2D eigenvalue weighted by Crippen LogP contribution is 2.41. The van der Waals surface area contributed by atoms with E-state index in [1.807, 2.05) is 59.2 Å². The maximum absolute atomic E-state index is 9.73. The fraction of sp³-hybridized carbons (Fsp3) is 0. The van der Waals surface area contributed by atoms with Crippen LogP contribution >= 0.6 is 0 Å². The first-order valence-electron chi connectivity index (χ1n) is 22.2. The number of nitrogens with zero attached hydrogens (tertiary/aromatic N) is 4. The summed E-state index contributed by atoms with van der Waals surface area (Å²) in [6.45, 7) is 0. The largest absolute Gasteiger partial charge is 0.309 e. The van der Waals surface area contributed by atoms with Crippen molar-refractivity contribution in [3.8, 4) is 34.0 Å². The molecule has 13 aromatic rings. The van der Waals surface area contributed by atoms with Gasteiger partial charge in [0.1, 0.15) is 0 Å². The van der Waals surface area contributed by atoms with Crippen molar-refractivity contribution in [2.45, 2.75) is 0 Å². The van der Waals surface area contributed by atoms with Crippen molar-refractivity contribution in [3.05, 3.63) is 206 Å². The molecule has 0 N–H and O–H groups in total. The van der Waals surface area contributed by atoms with Gasteiger partial charge in [-0.3, -0.25) is 0 Å². The van der Waals surface area contributed by atoms with E-state index in [2.05, 4.69) is 132 Å². The summed E-state index contributed by atoms with van der Waals surface area (Å²) in [5, 5.41) is 11.3. The van der Waals surface area contributed by atoms with Gasteiger partial charge in [0, 0.05) is 54.8 Å². The lowest BCUT2D eigenvalue weighted by Crippen LogP contribution is -1.97. The summed E-state index contributed by atoms with van der Waals surface area (Å²) in [6.07, 6.45) is 0. The molecule has 0 atom stereocenters. The van der Waals surface area contributed by atoms with Crippen LogP contribution in [-0.4, -0.2) is 19.1 Å². The Morgan fingerprint density at radius 1 is 0.350 bits per heavy atom. The van der Waals surface area contributed by atoms with Gasteiger partial charge in [-0.15, -0.1) is 0 Å². The van der Waals surface area contributed by atoms with Crippen LogP contribution in [0.15, 0.2) is 206 Å². The first kappa shape index (κ1) is 29.2. The van der Waals surface area contributed by atoms with Crippen LogP contribution in [0.4, 0.5) is 0 Å². The van der Waals surface area contributed by atoms with Crippen molar-refractivity contribution in [2.75, 3.05) is 0 Å². The molecule has 0 bridgehead atoms. The van der Waals surface area contributed by atoms with Gasteiger partial charge in [-0.05, 0) is 106 Å². The quantitative estimate of drug-likeness (QED) is 0.179. The van der Waals surface area contributed by atoms with E-state index in [0.29, 0.717) is 11.2 Å². The van der Waals surface area contributed by atoms with Crippen LogP contribution in [-0.2, 0) is 0 Å². The average molecular weight is 767 g/mol. The summed E-state index contributed by atoms with van der Waals surface area (Å²) in [7, 11) is 0. The van der Waals surface area contributed by atoms with E-state index in [1.165, 1.54) is 0 Å². The van der Waals surface area contributed by atoms with Gasteiger partial charge in [-0.25, -0.2) is 9.97 Å². The van der Waals surface area contributed by atoms with Gasteiger partial charge >= 0.3 is 0 Å². The van der Waals surface area contributed by atoms with E-state index < -0.39 is 0 Å². The highest BCUT2D eigenvalue weighted by Gasteiger charge is 2.19. The number of benzene rings is 10. The first-order chi connectivity index (χ1) is 31.4. The third-order valence-corrected chi connectivity index (χ3v) is 12.1. The number of hydrogen-bond donors (Lipinski definition) is 0. The lowest BCUT2D eigenvalue weighted by Gasteiger charge is -2.12. The van der Waals surface area contributed by atoms with Gasteiger partial charge in [0.25, 0.3) is 0 Å². The van der Waals surface area contributed by atoms with Crippen molar-refractivity contribution in [3.63, 3.8) is 0 Å². The predicted molar refractivity (Wildman–Crippen MR) is 252 cm³/mol. The molecule has 10 aromatic carbocycles. The summed E-state index contributed by atoms with van der Waals surface area (Å²) in [4.78, 5) is 10.1. The Hall–Kier alpha value is -8.08. The van der Waals surface area contributed by atoms with Gasteiger partial charge in [-0.2, -0.15) is 0 Å². The number of fused-ring (bicyclic) bond motifs is 11. The molecule has 4 heteroatoms. The van der Waals surface area contributed by atoms with E-state index in [4.69, 9.17) is 9.97 Å². The average Bonchev–Trinajstić information content (AvgIpc) is 3.83. The maximum Gasteiger partial charge on any atom is 0.160 e. The van der Waals surface area contributed by atoms with Gasteiger partial charge in [0.15, 0.2) is 5.82 Å². The fourth-order valence-electron chi connectivity index (χ4n) is 9.34. The Bertz CT molecular complexity index is 4110. The van der Waals surface area contributed by atoms with Crippen molar-refractivity contribution in [1.29, 1.82) is 0 Å². The Balaban J connectivity index is 1.05. The van der Waals surface area contributed by atoms with Crippen molar-refractivity contribution < 1.29 is 5.48 Å². The normalized spacial score (nSPS) is 12.9. The lowest BCUT2D eigenvalue weighted by molar-refractivity contribution is 1.18. The molecule has 4 nitrogen and oxygen atoms in total. The zero-order chi connectivity index (χ0) is 42.8. The maximum atomic E-state index is 9.73. The topological polar surface area (TPSA) is 35.6 Å². The molecule has 0 aliphatic rings. The fourth-order valence-corrected chi connectivity index (χ4v) is 9.34. The molecule has 0 unspecified atom stereocenters. The van der Waals surface area contributed by atoms with E-state index in [9.17, 15) is 5.48 Å². The summed E-state index contributed by atoms with van der Waals surface area (Å²) in [5.74, 6) is 0.133. The molecule has 0 radical (unpaired) electrons. The van der Waals surface area contributed by atoms with Crippen LogP contribution < -0.4 is 0 Å². The number of para-hydroxylation sites is 2. The molecule has 0 aliphatic heterocycles. The van der Waals surface area contributed by atoms with Crippen LogP contribution in [0.1, 0.15) is 5.48 Å². The molecule has 0 amide bonds. The minimum atomic E-state index is -0.207. The monoisotopic (exact) mass is 766 g/mol. The Kier molecular flexibility index (Phi) is 6.18. The molecule has 0 saturated heterocycles. The summed E-state index contributed by atoms with van der Waals surface area (Å²) >= 11 is 0. The molecule has 0 aliphatic carbocycles. The van der Waals surface area contributed by atoms with E-state index >= 15 is 0 Å². The van der Waals surface area contributed by atoms with Crippen LogP contribution in [0.5, 0.6) is 0 Å². The molecular weight excluding hydrogens is 729 g/mol. The first-order valence-corrected chi connectivity index (χ1v) is 20.2. The van der Waals surface area contributed by atoms with Gasteiger partial charge in [0.05, 0.1) is 38.8 Å². The van der Waals surface area contributed by atoms with Crippen LogP contribution in [0.3, 0.4) is 0 Å². The molecule has 0 fully saturated rings. The number of rotatable bonds is 4. The molecular formula is C56H34N4. The van der Waals surface area contributed by atoms with E-state index in [-0.39, 0.29) is 41.2 Å². The molecule has 0 saturated carbocycles. The highest BCUT2D eigenvalue weighted by molar-refractivity contribution is 6.21. The van der Waals surface area contributed by atoms with Gasteiger partial charge in [-0.1, -0.05) is 127 Å². The second-order valence-corrected chi connectivity index (χ2v) is 15.5. The Labute approximate surface area is 350 Å². The zero-order valence-corrected chi connectivity index (χ0v) is 32.1. The third-order valence-electron chi connectivity index (χ3n) is 12.1. The number of hydrogen-bond acceptors (Lipinski definition) is 2. The van der Waals surface area contributed by atoms with Crippen LogP contribution in [0.2, 0.25) is 0 Å². The standard InChI is InChI=1S/C56H34N4/c1-2-17-42(18-3-1)59-51-29-25-41(32-48(51)49-31-38-14-5-6-15-39(38)33-52(49)59)54-46-20-10-11-21-50(46)57-56(58-54)36-22-26-43(27-23-36)60-53-34-40-16-7-4-13-37(40)30-47(53)45-28-24-35-12-8-9-19-44(35)55(45)60/h1-34H/i22D,23D,26D,27D.